The molecule has 0 unspecified atom stereocenters. The monoisotopic (exact) mass is 324 g/mol. The minimum absolute atomic E-state index is 0.0788. The van der Waals surface area contributed by atoms with Gasteiger partial charge in [-0.1, -0.05) is 41.3 Å². The van der Waals surface area contributed by atoms with Crippen LogP contribution in [-0.4, -0.2) is 33.7 Å². The van der Waals surface area contributed by atoms with Crippen molar-refractivity contribution in [3.63, 3.8) is 0 Å². The van der Waals surface area contributed by atoms with Crippen molar-refractivity contribution in [1.29, 1.82) is 0 Å². The summed E-state index contributed by atoms with van der Waals surface area (Å²) in [6.45, 7) is 2.69. The molecule has 1 heterocycles. The lowest BCUT2D eigenvalue weighted by Crippen LogP contribution is -2.43. The van der Waals surface area contributed by atoms with E-state index in [1.54, 1.807) is 0 Å². The number of hydrogen-bond acceptors (Lipinski definition) is 2. The first-order chi connectivity index (χ1) is 9.22. The fraction of sp³-hybridized carbons (Fsp3) is 0.600. The molecule has 1 saturated carbocycles. The van der Waals surface area contributed by atoms with E-state index < -0.39 is 0 Å². The predicted octanol–water partition coefficient (Wildman–Crippen LogP) is 3.56. The highest BCUT2D eigenvalue weighted by atomic mass is 79.9. The number of pyridine rings is 1. The SMILES string of the molecule is Cc1cccc(C(=O)N(CCBr)C2CCCCC2)n1. The highest BCUT2D eigenvalue weighted by Crippen LogP contribution is 2.23. The van der Waals surface area contributed by atoms with Gasteiger partial charge in [-0.15, -0.1) is 0 Å². The van der Waals surface area contributed by atoms with Gasteiger partial charge in [0.05, 0.1) is 0 Å². The van der Waals surface area contributed by atoms with Crippen molar-refractivity contribution in [2.75, 3.05) is 11.9 Å². The third-order valence-electron chi connectivity index (χ3n) is 3.71. The standard InChI is InChI=1S/C15H21BrN2O/c1-12-6-5-9-14(17-12)15(19)18(11-10-16)13-7-3-2-4-8-13/h5-6,9,13H,2-4,7-8,10-11H2,1H3. The summed E-state index contributed by atoms with van der Waals surface area (Å²) in [6, 6.07) is 6.04. The Labute approximate surface area is 123 Å². The second-order valence-electron chi connectivity index (χ2n) is 5.14. The van der Waals surface area contributed by atoms with E-state index in [4.69, 9.17) is 0 Å². The maximum absolute atomic E-state index is 12.6. The largest absolute Gasteiger partial charge is 0.333 e. The molecule has 0 atom stereocenters. The summed E-state index contributed by atoms with van der Waals surface area (Å²) in [5, 5.41) is 0.820. The van der Waals surface area contributed by atoms with Crippen LogP contribution in [0.15, 0.2) is 18.2 Å². The first-order valence-electron chi connectivity index (χ1n) is 7.03. The van der Waals surface area contributed by atoms with E-state index in [2.05, 4.69) is 20.9 Å². The second-order valence-corrected chi connectivity index (χ2v) is 5.94. The quantitative estimate of drug-likeness (QED) is 0.793. The average Bonchev–Trinajstić information content (AvgIpc) is 2.45. The van der Waals surface area contributed by atoms with Crippen LogP contribution in [0, 0.1) is 6.92 Å². The molecule has 1 aliphatic rings. The molecule has 0 spiro atoms. The molecule has 0 aromatic carbocycles. The van der Waals surface area contributed by atoms with Crippen molar-refractivity contribution < 1.29 is 4.79 Å². The highest BCUT2D eigenvalue weighted by Gasteiger charge is 2.26. The van der Waals surface area contributed by atoms with E-state index in [1.807, 2.05) is 30.0 Å². The van der Waals surface area contributed by atoms with Crippen LogP contribution in [-0.2, 0) is 0 Å². The Hall–Kier alpha value is -0.900. The van der Waals surface area contributed by atoms with Crippen molar-refractivity contribution in [1.82, 2.24) is 9.88 Å². The lowest BCUT2D eigenvalue weighted by molar-refractivity contribution is 0.0645. The second kappa shape index (κ2) is 7.04. The van der Waals surface area contributed by atoms with Gasteiger partial charge in [0.25, 0.3) is 5.91 Å². The van der Waals surface area contributed by atoms with Gasteiger partial charge < -0.3 is 4.90 Å². The van der Waals surface area contributed by atoms with Crippen LogP contribution in [0.2, 0.25) is 0 Å². The number of carbonyl (C=O) groups is 1. The molecule has 2 rings (SSSR count). The predicted molar refractivity (Wildman–Crippen MR) is 80.7 cm³/mol. The number of alkyl halides is 1. The molecular weight excluding hydrogens is 304 g/mol. The summed E-state index contributed by atoms with van der Waals surface area (Å²) in [7, 11) is 0. The Morgan fingerprint density at radius 2 is 2.11 bits per heavy atom. The van der Waals surface area contributed by atoms with Crippen LogP contribution in [0.5, 0.6) is 0 Å². The number of carbonyl (C=O) groups excluding carboxylic acids is 1. The van der Waals surface area contributed by atoms with Gasteiger partial charge in [0.2, 0.25) is 0 Å². The zero-order valence-corrected chi connectivity index (χ0v) is 13.0. The van der Waals surface area contributed by atoms with Crippen molar-refractivity contribution in [3.8, 4) is 0 Å². The number of nitrogens with zero attached hydrogens (tertiary/aromatic N) is 2. The molecule has 1 aromatic rings. The van der Waals surface area contributed by atoms with E-state index in [9.17, 15) is 4.79 Å². The topological polar surface area (TPSA) is 33.2 Å². The molecule has 0 bridgehead atoms. The molecule has 1 aliphatic carbocycles. The minimum Gasteiger partial charge on any atom is -0.333 e. The molecule has 0 N–H and O–H groups in total. The van der Waals surface area contributed by atoms with Crippen LogP contribution < -0.4 is 0 Å². The van der Waals surface area contributed by atoms with Crippen LogP contribution in [0.25, 0.3) is 0 Å². The average molecular weight is 325 g/mol. The van der Waals surface area contributed by atoms with Crippen LogP contribution in [0.3, 0.4) is 0 Å². The summed E-state index contributed by atoms with van der Waals surface area (Å²) in [5.41, 5.74) is 1.47. The summed E-state index contributed by atoms with van der Waals surface area (Å²) in [4.78, 5) is 19.0. The van der Waals surface area contributed by atoms with Gasteiger partial charge in [0.15, 0.2) is 0 Å². The van der Waals surface area contributed by atoms with Gasteiger partial charge in [-0.25, -0.2) is 4.98 Å². The van der Waals surface area contributed by atoms with Gasteiger partial charge in [-0.05, 0) is 31.9 Å². The number of aryl methyl sites for hydroxylation is 1. The number of amides is 1. The Balaban J connectivity index is 2.15. The molecule has 1 fully saturated rings. The summed E-state index contributed by atoms with van der Waals surface area (Å²) in [5.74, 6) is 0.0788. The number of rotatable bonds is 4. The van der Waals surface area contributed by atoms with Gasteiger partial charge in [-0.3, -0.25) is 4.79 Å². The minimum atomic E-state index is 0.0788. The first-order valence-corrected chi connectivity index (χ1v) is 8.15. The highest BCUT2D eigenvalue weighted by molar-refractivity contribution is 9.09. The summed E-state index contributed by atoms with van der Waals surface area (Å²) >= 11 is 3.46. The molecular formula is C15H21BrN2O. The van der Waals surface area contributed by atoms with Gasteiger partial charge in [0.1, 0.15) is 5.69 Å². The summed E-state index contributed by atoms with van der Waals surface area (Å²) < 4.78 is 0. The van der Waals surface area contributed by atoms with Crippen molar-refractivity contribution in [2.45, 2.75) is 45.1 Å². The first kappa shape index (κ1) is 14.5. The number of halogens is 1. The third-order valence-corrected chi connectivity index (χ3v) is 4.06. The Bertz CT molecular complexity index is 430. The van der Waals surface area contributed by atoms with Crippen LogP contribution in [0.1, 0.15) is 48.3 Å². The smallest absolute Gasteiger partial charge is 0.272 e. The third kappa shape index (κ3) is 3.78. The van der Waals surface area contributed by atoms with E-state index in [-0.39, 0.29) is 5.91 Å². The lowest BCUT2D eigenvalue weighted by Gasteiger charge is -2.33. The summed E-state index contributed by atoms with van der Waals surface area (Å²) in [6.07, 6.45) is 6.03. The molecule has 104 valence electrons. The Kier molecular flexibility index (Phi) is 5.37. The lowest BCUT2D eigenvalue weighted by atomic mass is 9.94. The Morgan fingerprint density at radius 1 is 1.37 bits per heavy atom. The molecule has 0 aliphatic heterocycles. The van der Waals surface area contributed by atoms with E-state index in [0.29, 0.717) is 11.7 Å². The van der Waals surface area contributed by atoms with Gasteiger partial charge >= 0.3 is 0 Å². The normalized spacial score (nSPS) is 16.3. The van der Waals surface area contributed by atoms with Crippen molar-refractivity contribution >= 4 is 21.8 Å². The van der Waals surface area contributed by atoms with Gasteiger partial charge in [-0.2, -0.15) is 0 Å². The van der Waals surface area contributed by atoms with Crippen LogP contribution in [0.4, 0.5) is 0 Å². The molecule has 1 amide bonds. The van der Waals surface area contributed by atoms with E-state index in [1.165, 1.54) is 19.3 Å². The Morgan fingerprint density at radius 3 is 2.74 bits per heavy atom. The maximum atomic E-state index is 12.6. The molecule has 4 heteroatoms. The van der Waals surface area contributed by atoms with E-state index in [0.717, 1.165) is 30.4 Å². The molecule has 0 radical (unpaired) electrons. The fourth-order valence-electron chi connectivity index (χ4n) is 2.74. The zero-order chi connectivity index (χ0) is 13.7. The molecule has 0 saturated heterocycles. The van der Waals surface area contributed by atoms with Gasteiger partial charge in [0, 0.05) is 23.6 Å². The number of hydrogen-bond donors (Lipinski definition) is 0. The fourth-order valence-corrected chi connectivity index (χ4v) is 3.13. The number of aromatic nitrogens is 1. The molecule has 3 nitrogen and oxygen atoms in total. The maximum Gasteiger partial charge on any atom is 0.272 e. The van der Waals surface area contributed by atoms with Crippen molar-refractivity contribution in [2.24, 2.45) is 0 Å². The zero-order valence-electron chi connectivity index (χ0n) is 11.4. The van der Waals surface area contributed by atoms with Crippen LogP contribution >= 0.6 is 15.9 Å². The molecule has 1 aromatic heterocycles. The molecule has 19 heavy (non-hydrogen) atoms. The van der Waals surface area contributed by atoms with Crippen molar-refractivity contribution in [3.05, 3.63) is 29.6 Å². The van der Waals surface area contributed by atoms with E-state index >= 15 is 0 Å².